The van der Waals surface area contributed by atoms with Gasteiger partial charge in [0.05, 0.1) is 31.4 Å². The summed E-state index contributed by atoms with van der Waals surface area (Å²) in [6, 6.07) is 16.1. The van der Waals surface area contributed by atoms with Gasteiger partial charge in [-0.25, -0.2) is 0 Å². The first-order valence-corrected chi connectivity index (χ1v) is 10.6. The maximum atomic E-state index is 11.8. The van der Waals surface area contributed by atoms with Crippen molar-refractivity contribution in [1.29, 1.82) is 0 Å². The smallest absolute Gasteiger partial charge is 0.137 e. The Morgan fingerprint density at radius 3 is 2.62 bits per heavy atom. The van der Waals surface area contributed by atoms with Gasteiger partial charge in [-0.2, -0.15) is 0 Å². The minimum atomic E-state index is -0.854. The molecular weight excluding hydrogens is 388 g/mol. The minimum absolute atomic E-state index is 0.0248. The summed E-state index contributed by atoms with van der Waals surface area (Å²) in [6.45, 7) is 5.57. The van der Waals surface area contributed by atoms with Gasteiger partial charge in [0.15, 0.2) is 0 Å². The molecule has 2 aromatic rings. The molecule has 0 aliphatic carbocycles. The Morgan fingerprint density at radius 2 is 1.90 bits per heavy atom. The first-order chi connectivity index (χ1) is 14.1. The Kier molecular flexibility index (Phi) is 6.42. The second-order valence-electron chi connectivity index (χ2n) is 7.91. The number of hydrogen-bond donors (Lipinski definition) is 1. The summed E-state index contributed by atoms with van der Waals surface area (Å²) in [4.78, 5) is 4.81. The van der Waals surface area contributed by atoms with Crippen LogP contribution in [0.5, 0.6) is 5.75 Å². The predicted molar refractivity (Wildman–Crippen MR) is 114 cm³/mol. The van der Waals surface area contributed by atoms with E-state index >= 15 is 0 Å². The molecule has 0 bridgehead atoms. The maximum Gasteiger partial charge on any atom is 0.137 e. The summed E-state index contributed by atoms with van der Waals surface area (Å²) >= 11 is 6.18. The third kappa shape index (κ3) is 4.44. The summed E-state index contributed by atoms with van der Waals surface area (Å²) in [6.07, 6.45) is 0.698. The highest BCUT2D eigenvalue weighted by Gasteiger charge is 2.45. The van der Waals surface area contributed by atoms with E-state index in [-0.39, 0.29) is 6.04 Å². The average Bonchev–Trinajstić information content (AvgIpc) is 2.77. The van der Waals surface area contributed by atoms with Crippen molar-refractivity contribution >= 4 is 11.6 Å². The summed E-state index contributed by atoms with van der Waals surface area (Å²) in [5.74, 6) is 0.701. The number of piperidine rings is 1. The van der Waals surface area contributed by atoms with Gasteiger partial charge in [-0.05, 0) is 29.7 Å². The third-order valence-corrected chi connectivity index (χ3v) is 6.49. The zero-order valence-corrected chi connectivity index (χ0v) is 17.6. The maximum absolute atomic E-state index is 11.8. The molecule has 2 saturated heterocycles. The molecule has 29 heavy (non-hydrogen) atoms. The fraction of sp³-hybridized carbons (Fsp3) is 0.478. The Balaban J connectivity index is 1.56. The van der Waals surface area contributed by atoms with Crippen LogP contribution in [-0.2, 0) is 16.9 Å². The summed E-state index contributed by atoms with van der Waals surface area (Å²) < 4.78 is 10.9. The fourth-order valence-corrected chi connectivity index (χ4v) is 4.75. The second kappa shape index (κ2) is 9.02. The molecule has 0 amide bonds. The molecule has 0 saturated carbocycles. The van der Waals surface area contributed by atoms with Gasteiger partial charge >= 0.3 is 0 Å². The molecule has 6 heteroatoms. The fourth-order valence-electron chi connectivity index (χ4n) is 4.56. The molecule has 0 spiro atoms. The summed E-state index contributed by atoms with van der Waals surface area (Å²) in [5.41, 5.74) is 1.31. The Hall–Kier alpha value is -1.63. The minimum Gasteiger partial charge on any atom is -0.495 e. The summed E-state index contributed by atoms with van der Waals surface area (Å²) in [7, 11) is 1.64. The predicted octanol–water partition coefficient (Wildman–Crippen LogP) is 3.14. The van der Waals surface area contributed by atoms with Gasteiger partial charge in [0.1, 0.15) is 11.4 Å². The van der Waals surface area contributed by atoms with E-state index in [1.165, 1.54) is 0 Å². The van der Waals surface area contributed by atoms with Crippen LogP contribution in [0.15, 0.2) is 48.5 Å². The molecule has 2 atom stereocenters. The number of morpholine rings is 1. The number of likely N-dealkylation sites (tertiary alicyclic amines) is 1. The molecule has 2 heterocycles. The van der Waals surface area contributed by atoms with E-state index in [0.717, 1.165) is 57.1 Å². The number of rotatable bonds is 5. The van der Waals surface area contributed by atoms with E-state index in [0.29, 0.717) is 17.2 Å². The summed E-state index contributed by atoms with van der Waals surface area (Å²) in [5, 5.41) is 12.4. The van der Waals surface area contributed by atoms with Crippen molar-refractivity contribution in [2.45, 2.75) is 24.6 Å². The van der Waals surface area contributed by atoms with Crippen molar-refractivity contribution in [2.24, 2.45) is 0 Å². The first kappa shape index (κ1) is 20.6. The zero-order valence-electron chi connectivity index (χ0n) is 16.9. The van der Waals surface area contributed by atoms with Gasteiger partial charge in [-0.1, -0.05) is 48.0 Å². The SMILES string of the molecule is COc1cc(CN2CC[C@](O)(c3ccccc3)[C@H](N3CCOCC3)C2)ccc1Cl. The van der Waals surface area contributed by atoms with Gasteiger partial charge in [0.25, 0.3) is 0 Å². The molecular formula is C23H29ClN2O3. The number of benzene rings is 2. The molecule has 2 fully saturated rings. The molecule has 2 aliphatic rings. The molecule has 2 aliphatic heterocycles. The molecule has 0 unspecified atom stereocenters. The third-order valence-electron chi connectivity index (χ3n) is 6.17. The largest absolute Gasteiger partial charge is 0.495 e. The van der Waals surface area contributed by atoms with Gasteiger partial charge in [0.2, 0.25) is 0 Å². The highest BCUT2D eigenvalue weighted by Crippen LogP contribution is 2.37. The van der Waals surface area contributed by atoms with Crippen molar-refractivity contribution in [1.82, 2.24) is 9.80 Å². The van der Waals surface area contributed by atoms with Gasteiger partial charge in [-0.3, -0.25) is 9.80 Å². The van der Waals surface area contributed by atoms with Crippen molar-refractivity contribution in [3.63, 3.8) is 0 Å². The van der Waals surface area contributed by atoms with Crippen LogP contribution >= 0.6 is 11.6 Å². The standard InChI is InChI=1S/C23H29ClN2O3/c1-28-21-15-18(7-8-20(21)24)16-25-10-9-23(27,19-5-3-2-4-6-19)22(17-25)26-11-13-29-14-12-26/h2-8,15,22,27H,9-14,16-17H2,1H3/t22-,23+/m1/s1. The number of ether oxygens (including phenoxy) is 2. The number of nitrogens with zero attached hydrogens (tertiary/aromatic N) is 2. The molecule has 1 N–H and O–H groups in total. The Morgan fingerprint density at radius 1 is 1.14 bits per heavy atom. The normalized spacial score (nSPS) is 26.4. The molecule has 4 rings (SSSR count). The monoisotopic (exact) mass is 416 g/mol. The van der Waals surface area contributed by atoms with Crippen LogP contribution in [0.4, 0.5) is 0 Å². The van der Waals surface area contributed by atoms with Crippen LogP contribution in [0, 0.1) is 0 Å². The Labute approximate surface area is 177 Å². The number of methoxy groups -OCH3 is 1. The van der Waals surface area contributed by atoms with Crippen LogP contribution in [0.25, 0.3) is 0 Å². The van der Waals surface area contributed by atoms with E-state index in [2.05, 4.69) is 9.80 Å². The molecule has 5 nitrogen and oxygen atoms in total. The van der Waals surface area contributed by atoms with E-state index in [9.17, 15) is 5.11 Å². The molecule has 156 valence electrons. The van der Waals surface area contributed by atoms with Crippen molar-refractivity contribution in [3.8, 4) is 5.75 Å². The number of hydrogen-bond acceptors (Lipinski definition) is 5. The lowest BCUT2D eigenvalue weighted by molar-refractivity contribution is -0.119. The van der Waals surface area contributed by atoms with Crippen molar-refractivity contribution < 1.29 is 14.6 Å². The van der Waals surface area contributed by atoms with E-state index in [1.54, 1.807) is 7.11 Å². The average molecular weight is 417 g/mol. The van der Waals surface area contributed by atoms with Gasteiger partial charge in [-0.15, -0.1) is 0 Å². The van der Waals surface area contributed by atoms with Crippen LogP contribution in [-0.4, -0.2) is 67.5 Å². The highest BCUT2D eigenvalue weighted by atomic mass is 35.5. The number of aliphatic hydroxyl groups is 1. The van der Waals surface area contributed by atoms with E-state index in [4.69, 9.17) is 21.1 Å². The lowest BCUT2D eigenvalue weighted by Crippen LogP contribution is -2.62. The molecule has 0 radical (unpaired) electrons. The quantitative estimate of drug-likeness (QED) is 0.811. The van der Waals surface area contributed by atoms with Crippen LogP contribution in [0.2, 0.25) is 5.02 Å². The van der Waals surface area contributed by atoms with Crippen LogP contribution in [0.1, 0.15) is 17.5 Å². The Bertz CT molecular complexity index is 813. The van der Waals surface area contributed by atoms with Gasteiger partial charge < -0.3 is 14.6 Å². The molecule has 0 aromatic heterocycles. The van der Waals surface area contributed by atoms with E-state index < -0.39 is 5.60 Å². The lowest BCUT2D eigenvalue weighted by atomic mass is 9.79. The van der Waals surface area contributed by atoms with Crippen LogP contribution < -0.4 is 4.74 Å². The van der Waals surface area contributed by atoms with E-state index in [1.807, 2.05) is 48.5 Å². The second-order valence-corrected chi connectivity index (χ2v) is 8.32. The lowest BCUT2D eigenvalue weighted by Gasteiger charge is -2.50. The van der Waals surface area contributed by atoms with Crippen molar-refractivity contribution in [2.75, 3.05) is 46.5 Å². The zero-order chi connectivity index (χ0) is 20.3. The molecule has 2 aromatic carbocycles. The number of halogens is 1. The topological polar surface area (TPSA) is 45.2 Å². The van der Waals surface area contributed by atoms with Crippen LogP contribution in [0.3, 0.4) is 0 Å². The first-order valence-electron chi connectivity index (χ1n) is 10.2. The van der Waals surface area contributed by atoms with Gasteiger partial charge in [0, 0.05) is 32.7 Å². The van der Waals surface area contributed by atoms with Crippen molar-refractivity contribution in [3.05, 3.63) is 64.7 Å². The highest BCUT2D eigenvalue weighted by molar-refractivity contribution is 6.32.